The second kappa shape index (κ2) is 6.47. The lowest BCUT2D eigenvalue weighted by Crippen LogP contribution is -2.19. The maximum atomic E-state index is 9.36. The first-order valence-corrected chi connectivity index (χ1v) is 8.32. The molecular formula is C17H17ClN4O2. The number of aromatic nitrogens is 4. The van der Waals surface area contributed by atoms with Crippen molar-refractivity contribution in [2.75, 3.05) is 13.2 Å². The van der Waals surface area contributed by atoms with E-state index in [1.54, 1.807) is 0 Å². The van der Waals surface area contributed by atoms with Crippen LogP contribution in [0.5, 0.6) is 0 Å². The Kier molecular flexibility index (Phi) is 4.18. The highest BCUT2D eigenvalue weighted by atomic mass is 35.5. The molecule has 3 heterocycles. The number of hydrogen-bond donors (Lipinski definition) is 1. The van der Waals surface area contributed by atoms with Crippen LogP contribution in [0.2, 0.25) is 5.28 Å². The standard InChI is InChI=1S/C17H17ClN4O2/c18-17-20-14(12-3-1-2-11(8-12)9-23)15-16(21-17)22(10-19-15)13-4-6-24-7-5-13/h1-3,8,10,13,23H,4-7,9H2. The summed E-state index contributed by atoms with van der Waals surface area (Å²) in [6, 6.07) is 7.89. The minimum atomic E-state index is -0.0215. The molecule has 1 aromatic carbocycles. The zero-order valence-electron chi connectivity index (χ0n) is 13.0. The molecule has 1 fully saturated rings. The summed E-state index contributed by atoms with van der Waals surface area (Å²) in [5.41, 5.74) is 3.84. The molecule has 124 valence electrons. The molecule has 0 saturated carbocycles. The van der Waals surface area contributed by atoms with Gasteiger partial charge in [0, 0.05) is 24.8 Å². The second-order valence-electron chi connectivity index (χ2n) is 5.87. The van der Waals surface area contributed by atoms with Gasteiger partial charge in [0.15, 0.2) is 5.65 Å². The highest BCUT2D eigenvalue weighted by Gasteiger charge is 2.21. The van der Waals surface area contributed by atoms with Gasteiger partial charge >= 0.3 is 0 Å². The van der Waals surface area contributed by atoms with Crippen LogP contribution in [0, 0.1) is 0 Å². The number of imidazole rings is 1. The fourth-order valence-corrected chi connectivity index (χ4v) is 3.30. The zero-order chi connectivity index (χ0) is 16.5. The van der Waals surface area contributed by atoms with Gasteiger partial charge < -0.3 is 14.4 Å². The molecule has 0 atom stereocenters. The van der Waals surface area contributed by atoms with Crippen molar-refractivity contribution in [3.63, 3.8) is 0 Å². The fraction of sp³-hybridized carbons (Fsp3) is 0.353. The molecule has 6 nitrogen and oxygen atoms in total. The Labute approximate surface area is 144 Å². The summed E-state index contributed by atoms with van der Waals surface area (Å²) < 4.78 is 7.51. The molecule has 24 heavy (non-hydrogen) atoms. The van der Waals surface area contributed by atoms with E-state index in [0.717, 1.165) is 48.3 Å². The van der Waals surface area contributed by atoms with Gasteiger partial charge in [-0.15, -0.1) is 0 Å². The van der Waals surface area contributed by atoms with Crippen LogP contribution < -0.4 is 0 Å². The van der Waals surface area contributed by atoms with Gasteiger partial charge in [-0.3, -0.25) is 0 Å². The van der Waals surface area contributed by atoms with Crippen LogP contribution in [-0.4, -0.2) is 37.8 Å². The van der Waals surface area contributed by atoms with E-state index in [0.29, 0.717) is 11.7 Å². The zero-order valence-corrected chi connectivity index (χ0v) is 13.8. The van der Waals surface area contributed by atoms with Crippen LogP contribution in [0.15, 0.2) is 30.6 Å². The first-order chi connectivity index (χ1) is 11.8. The van der Waals surface area contributed by atoms with Crippen molar-refractivity contribution in [3.05, 3.63) is 41.4 Å². The summed E-state index contributed by atoms with van der Waals surface area (Å²) in [5, 5.41) is 9.56. The lowest BCUT2D eigenvalue weighted by atomic mass is 10.1. The first kappa shape index (κ1) is 15.5. The van der Waals surface area contributed by atoms with Gasteiger partial charge in [0.25, 0.3) is 0 Å². The molecule has 1 N–H and O–H groups in total. The van der Waals surface area contributed by atoms with Crippen molar-refractivity contribution in [2.24, 2.45) is 0 Å². The molecule has 0 unspecified atom stereocenters. The van der Waals surface area contributed by atoms with Gasteiger partial charge in [0.1, 0.15) is 11.2 Å². The smallest absolute Gasteiger partial charge is 0.225 e. The number of aliphatic hydroxyl groups excluding tert-OH is 1. The van der Waals surface area contributed by atoms with Crippen LogP contribution in [0.3, 0.4) is 0 Å². The minimum Gasteiger partial charge on any atom is -0.392 e. The summed E-state index contributed by atoms with van der Waals surface area (Å²) in [4.78, 5) is 13.3. The SMILES string of the molecule is OCc1cccc(-c2nc(Cl)nc3c2ncn3C2CCOCC2)c1. The summed E-state index contributed by atoms with van der Waals surface area (Å²) in [6.07, 6.45) is 3.68. The Morgan fingerprint density at radius 3 is 2.88 bits per heavy atom. The Morgan fingerprint density at radius 1 is 1.25 bits per heavy atom. The third kappa shape index (κ3) is 2.77. The Bertz CT molecular complexity index is 874. The van der Waals surface area contributed by atoms with E-state index in [-0.39, 0.29) is 11.9 Å². The normalized spacial score (nSPS) is 15.9. The second-order valence-corrected chi connectivity index (χ2v) is 6.21. The van der Waals surface area contributed by atoms with E-state index in [1.165, 1.54) is 0 Å². The van der Waals surface area contributed by atoms with Gasteiger partial charge in [0.05, 0.1) is 12.9 Å². The molecule has 1 aliphatic heterocycles. The molecule has 0 amide bonds. The maximum absolute atomic E-state index is 9.36. The number of nitrogens with zero attached hydrogens (tertiary/aromatic N) is 4. The van der Waals surface area contributed by atoms with Crippen LogP contribution in [0.25, 0.3) is 22.4 Å². The van der Waals surface area contributed by atoms with Crippen LogP contribution >= 0.6 is 11.6 Å². The molecule has 0 bridgehead atoms. The lowest BCUT2D eigenvalue weighted by molar-refractivity contribution is 0.0704. The number of halogens is 1. The van der Waals surface area contributed by atoms with Crippen molar-refractivity contribution in [1.82, 2.24) is 19.5 Å². The number of hydrogen-bond acceptors (Lipinski definition) is 5. The van der Waals surface area contributed by atoms with Crippen LogP contribution in [0.4, 0.5) is 0 Å². The van der Waals surface area contributed by atoms with Crippen molar-refractivity contribution < 1.29 is 9.84 Å². The van der Waals surface area contributed by atoms with Crippen LogP contribution in [0.1, 0.15) is 24.4 Å². The quantitative estimate of drug-likeness (QED) is 0.739. The summed E-state index contributed by atoms with van der Waals surface area (Å²) >= 11 is 6.18. The molecule has 3 aromatic rings. The van der Waals surface area contributed by atoms with E-state index in [4.69, 9.17) is 16.3 Å². The Morgan fingerprint density at radius 2 is 2.08 bits per heavy atom. The predicted molar refractivity (Wildman–Crippen MR) is 90.8 cm³/mol. The summed E-state index contributed by atoms with van der Waals surface area (Å²) in [6.45, 7) is 1.47. The van der Waals surface area contributed by atoms with Crippen molar-refractivity contribution >= 4 is 22.8 Å². The summed E-state index contributed by atoms with van der Waals surface area (Å²) in [7, 11) is 0. The molecule has 1 saturated heterocycles. The van der Waals surface area contributed by atoms with E-state index in [1.807, 2.05) is 30.6 Å². The number of aliphatic hydroxyl groups is 1. The highest BCUT2D eigenvalue weighted by Crippen LogP contribution is 2.30. The molecule has 0 aliphatic carbocycles. The van der Waals surface area contributed by atoms with Crippen molar-refractivity contribution in [3.8, 4) is 11.3 Å². The number of fused-ring (bicyclic) bond motifs is 1. The van der Waals surface area contributed by atoms with E-state index in [9.17, 15) is 5.11 Å². The molecule has 1 aliphatic rings. The average molecular weight is 345 g/mol. The lowest BCUT2D eigenvalue weighted by Gasteiger charge is -2.23. The van der Waals surface area contributed by atoms with Gasteiger partial charge in [0.2, 0.25) is 5.28 Å². The van der Waals surface area contributed by atoms with Gasteiger partial charge in [-0.2, -0.15) is 4.98 Å². The Hall–Kier alpha value is -2.02. The molecule has 0 spiro atoms. The third-order valence-electron chi connectivity index (χ3n) is 4.36. The van der Waals surface area contributed by atoms with Crippen molar-refractivity contribution in [2.45, 2.75) is 25.5 Å². The monoisotopic (exact) mass is 344 g/mol. The van der Waals surface area contributed by atoms with Gasteiger partial charge in [-0.05, 0) is 36.1 Å². The average Bonchev–Trinajstić information content (AvgIpc) is 3.05. The maximum Gasteiger partial charge on any atom is 0.225 e. The van der Waals surface area contributed by atoms with E-state index < -0.39 is 0 Å². The largest absolute Gasteiger partial charge is 0.392 e. The van der Waals surface area contributed by atoms with E-state index >= 15 is 0 Å². The number of rotatable bonds is 3. The highest BCUT2D eigenvalue weighted by molar-refractivity contribution is 6.28. The summed E-state index contributed by atoms with van der Waals surface area (Å²) in [5.74, 6) is 0. The Balaban J connectivity index is 1.85. The fourth-order valence-electron chi connectivity index (χ4n) is 3.14. The van der Waals surface area contributed by atoms with E-state index in [2.05, 4.69) is 19.5 Å². The molecule has 2 aromatic heterocycles. The first-order valence-electron chi connectivity index (χ1n) is 7.94. The number of ether oxygens (including phenoxy) is 1. The molecule has 4 rings (SSSR count). The van der Waals surface area contributed by atoms with Gasteiger partial charge in [-0.1, -0.05) is 18.2 Å². The minimum absolute atomic E-state index is 0.0215. The van der Waals surface area contributed by atoms with Crippen LogP contribution in [-0.2, 0) is 11.3 Å². The molecule has 0 radical (unpaired) electrons. The molecular weight excluding hydrogens is 328 g/mol. The predicted octanol–water partition coefficient (Wildman–Crippen LogP) is 2.99. The topological polar surface area (TPSA) is 73.1 Å². The number of benzene rings is 1. The molecule has 7 heteroatoms. The van der Waals surface area contributed by atoms with Gasteiger partial charge in [-0.25, -0.2) is 9.97 Å². The van der Waals surface area contributed by atoms with Crippen molar-refractivity contribution in [1.29, 1.82) is 0 Å². The third-order valence-corrected chi connectivity index (χ3v) is 4.53.